The van der Waals surface area contributed by atoms with Crippen LogP contribution in [-0.2, 0) is 9.53 Å². The zero-order valence-electron chi connectivity index (χ0n) is 10.9. The van der Waals surface area contributed by atoms with Crippen LogP contribution in [0.4, 0.5) is 0 Å². The van der Waals surface area contributed by atoms with Crippen LogP contribution in [0.5, 0.6) is 5.75 Å². The molecule has 104 valence electrons. The van der Waals surface area contributed by atoms with Crippen LogP contribution in [0.2, 0.25) is 0 Å². The van der Waals surface area contributed by atoms with Crippen LogP contribution in [0.25, 0.3) is 17.0 Å². The molecule has 1 aromatic carbocycles. The largest absolute Gasteiger partial charge is 0.493 e. The summed E-state index contributed by atoms with van der Waals surface area (Å²) in [6.45, 7) is 0. The van der Waals surface area contributed by atoms with Gasteiger partial charge >= 0.3 is 11.9 Å². The molecule has 0 bridgehead atoms. The average Bonchev–Trinajstić information content (AvgIpc) is 2.87. The fourth-order valence-corrected chi connectivity index (χ4v) is 1.80. The number of benzene rings is 1. The van der Waals surface area contributed by atoms with Gasteiger partial charge in [-0.3, -0.25) is 0 Å². The second-order valence-electron chi connectivity index (χ2n) is 3.87. The van der Waals surface area contributed by atoms with Crippen LogP contribution >= 0.6 is 0 Å². The number of ether oxygens (including phenoxy) is 2. The molecule has 1 aromatic heterocycles. The smallest absolute Gasteiger partial charge is 0.338 e. The number of rotatable bonds is 4. The topological polar surface area (TPSA) is 86.0 Å². The minimum Gasteiger partial charge on any atom is -0.493 e. The monoisotopic (exact) mass is 276 g/mol. The molecule has 20 heavy (non-hydrogen) atoms. The summed E-state index contributed by atoms with van der Waals surface area (Å²) in [5, 5.41) is 9.11. The van der Waals surface area contributed by atoms with Crippen LogP contribution in [0.1, 0.15) is 16.1 Å². The molecule has 0 saturated carbocycles. The van der Waals surface area contributed by atoms with Gasteiger partial charge in [-0.05, 0) is 24.3 Å². The summed E-state index contributed by atoms with van der Waals surface area (Å²) in [6, 6.07) is 4.71. The SMILES string of the molecule is COC(=O)c1ccc(OC)c2oc(C=CC(=O)O)cc12. The highest BCUT2D eigenvalue weighted by atomic mass is 16.5. The second kappa shape index (κ2) is 5.48. The predicted molar refractivity (Wildman–Crippen MR) is 70.8 cm³/mol. The number of carboxylic acid groups (broad SMARTS) is 1. The number of aliphatic carboxylic acids is 1. The Morgan fingerprint density at radius 1 is 1.30 bits per heavy atom. The van der Waals surface area contributed by atoms with Crippen molar-refractivity contribution in [1.29, 1.82) is 0 Å². The molecule has 0 unspecified atom stereocenters. The fourth-order valence-electron chi connectivity index (χ4n) is 1.80. The normalized spacial score (nSPS) is 10.9. The van der Waals surface area contributed by atoms with Crippen molar-refractivity contribution < 1.29 is 28.6 Å². The van der Waals surface area contributed by atoms with Crippen molar-refractivity contribution in [3.63, 3.8) is 0 Å². The third-order valence-electron chi connectivity index (χ3n) is 2.68. The zero-order chi connectivity index (χ0) is 14.7. The molecule has 0 saturated heterocycles. The van der Waals surface area contributed by atoms with E-state index in [0.29, 0.717) is 28.0 Å². The Morgan fingerprint density at radius 2 is 2.05 bits per heavy atom. The van der Waals surface area contributed by atoms with Crippen molar-refractivity contribution in [2.24, 2.45) is 0 Å². The molecular weight excluding hydrogens is 264 g/mol. The molecule has 1 heterocycles. The van der Waals surface area contributed by atoms with Gasteiger partial charge in [0.25, 0.3) is 0 Å². The quantitative estimate of drug-likeness (QED) is 0.681. The van der Waals surface area contributed by atoms with Gasteiger partial charge in [-0.2, -0.15) is 0 Å². The van der Waals surface area contributed by atoms with Crippen LogP contribution in [0.15, 0.2) is 28.7 Å². The van der Waals surface area contributed by atoms with E-state index in [0.717, 1.165) is 6.08 Å². The second-order valence-corrected chi connectivity index (χ2v) is 3.87. The van der Waals surface area contributed by atoms with Gasteiger partial charge in [0.05, 0.1) is 19.8 Å². The summed E-state index contributed by atoms with van der Waals surface area (Å²) in [6.07, 6.45) is 2.24. The van der Waals surface area contributed by atoms with Crippen molar-refractivity contribution in [2.75, 3.05) is 14.2 Å². The highest BCUT2D eigenvalue weighted by molar-refractivity contribution is 6.05. The number of methoxy groups -OCH3 is 2. The van der Waals surface area contributed by atoms with E-state index >= 15 is 0 Å². The van der Waals surface area contributed by atoms with Gasteiger partial charge in [-0.15, -0.1) is 0 Å². The van der Waals surface area contributed by atoms with Gasteiger partial charge in [0.2, 0.25) is 0 Å². The number of carbonyl (C=O) groups excluding carboxylic acids is 1. The Labute approximate surface area is 114 Å². The van der Waals surface area contributed by atoms with Gasteiger partial charge < -0.3 is 19.0 Å². The Morgan fingerprint density at radius 3 is 2.65 bits per heavy atom. The van der Waals surface area contributed by atoms with Gasteiger partial charge in [0, 0.05) is 11.5 Å². The first-order valence-electron chi connectivity index (χ1n) is 5.66. The summed E-state index contributed by atoms with van der Waals surface area (Å²) in [5.41, 5.74) is 0.683. The number of carboxylic acids is 1. The maximum absolute atomic E-state index is 11.7. The average molecular weight is 276 g/mol. The van der Waals surface area contributed by atoms with Gasteiger partial charge in [-0.1, -0.05) is 0 Å². The molecule has 0 fully saturated rings. The molecule has 1 N–H and O–H groups in total. The molecule has 6 heteroatoms. The molecule has 0 atom stereocenters. The van der Waals surface area contributed by atoms with Gasteiger partial charge in [0.15, 0.2) is 11.3 Å². The van der Waals surface area contributed by atoms with Crippen molar-refractivity contribution in [3.8, 4) is 5.75 Å². The van der Waals surface area contributed by atoms with E-state index in [9.17, 15) is 9.59 Å². The van der Waals surface area contributed by atoms with Crippen molar-refractivity contribution in [1.82, 2.24) is 0 Å². The molecule has 2 rings (SSSR count). The van der Waals surface area contributed by atoms with Crippen molar-refractivity contribution in [2.45, 2.75) is 0 Å². The number of hydrogen-bond acceptors (Lipinski definition) is 5. The van der Waals surface area contributed by atoms with Crippen molar-refractivity contribution >= 4 is 29.0 Å². The lowest BCUT2D eigenvalue weighted by molar-refractivity contribution is -0.131. The minimum absolute atomic E-state index is 0.303. The molecule has 0 aliphatic carbocycles. The standard InChI is InChI=1S/C14H12O6/c1-18-11-5-4-9(14(17)19-2)10-7-8(20-13(10)11)3-6-12(15)16/h3-7H,1-2H3,(H,15,16). The van der Waals surface area contributed by atoms with E-state index in [2.05, 4.69) is 0 Å². The maximum Gasteiger partial charge on any atom is 0.338 e. The zero-order valence-corrected chi connectivity index (χ0v) is 10.9. The van der Waals surface area contributed by atoms with Crippen LogP contribution in [-0.4, -0.2) is 31.3 Å². The summed E-state index contributed by atoms with van der Waals surface area (Å²) in [5.74, 6) is -0.850. The van der Waals surface area contributed by atoms with E-state index in [1.807, 2.05) is 0 Å². The van der Waals surface area contributed by atoms with Crippen LogP contribution < -0.4 is 4.74 Å². The van der Waals surface area contributed by atoms with Gasteiger partial charge in [0.1, 0.15) is 5.76 Å². The Balaban J connectivity index is 2.62. The van der Waals surface area contributed by atoms with E-state index in [4.69, 9.17) is 19.0 Å². The molecule has 0 aliphatic heterocycles. The van der Waals surface area contributed by atoms with E-state index in [1.54, 1.807) is 18.2 Å². The summed E-state index contributed by atoms with van der Waals surface area (Å²) in [4.78, 5) is 22.2. The van der Waals surface area contributed by atoms with E-state index in [1.165, 1.54) is 20.3 Å². The third kappa shape index (κ3) is 2.49. The number of hydrogen-bond donors (Lipinski definition) is 1. The highest BCUT2D eigenvalue weighted by Crippen LogP contribution is 2.32. The van der Waals surface area contributed by atoms with Crippen molar-refractivity contribution in [3.05, 3.63) is 35.6 Å². The lowest BCUT2D eigenvalue weighted by Gasteiger charge is -2.03. The highest BCUT2D eigenvalue weighted by Gasteiger charge is 2.17. The minimum atomic E-state index is -1.09. The Kier molecular flexibility index (Phi) is 3.74. The summed E-state index contributed by atoms with van der Waals surface area (Å²) < 4.78 is 15.3. The summed E-state index contributed by atoms with van der Waals surface area (Å²) >= 11 is 0. The third-order valence-corrected chi connectivity index (χ3v) is 2.68. The van der Waals surface area contributed by atoms with E-state index < -0.39 is 11.9 Å². The first-order valence-corrected chi connectivity index (χ1v) is 5.66. The number of esters is 1. The predicted octanol–water partition coefficient (Wildman–Crippen LogP) is 2.33. The first-order chi connectivity index (χ1) is 9.56. The molecular formula is C14H12O6. The number of furan rings is 1. The van der Waals surface area contributed by atoms with Crippen LogP contribution in [0, 0.1) is 0 Å². The molecule has 0 amide bonds. The van der Waals surface area contributed by atoms with Gasteiger partial charge in [-0.25, -0.2) is 9.59 Å². The molecule has 2 aromatic rings. The first kappa shape index (κ1) is 13.7. The lowest BCUT2D eigenvalue weighted by atomic mass is 10.1. The Bertz CT molecular complexity index is 695. The number of fused-ring (bicyclic) bond motifs is 1. The van der Waals surface area contributed by atoms with E-state index in [-0.39, 0.29) is 0 Å². The Hall–Kier alpha value is -2.76. The number of carbonyl (C=O) groups is 2. The maximum atomic E-state index is 11.7. The fraction of sp³-hybridized carbons (Fsp3) is 0.143. The summed E-state index contributed by atoms with van der Waals surface area (Å²) in [7, 11) is 2.76. The van der Waals surface area contributed by atoms with Crippen LogP contribution in [0.3, 0.4) is 0 Å². The lowest BCUT2D eigenvalue weighted by Crippen LogP contribution is -2.01. The molecule has 0 aliphatic rings. The molecule has 6 nitrogen and oxygen atoms in total. The molecule has 0 radical (unpaired) electrons. The molecule has 0 spiro atoms.